The summed E-state index contributed by atoms with van der Waals surface area (Å²) in [6, 6.07) is 0. The van der Waals surface area contributed by atoms with Gasteiger partial charge < -0.3 is 15.2 Å². The first-order chi connectivity index (χ1) is 7.66. The molecule has 1 aliphatic rings. The van der Waals surface area contributed by atoms with E-state index in [2.05, 4.69) is 10.3 Å². The van der Waals surface area contributed by atoms with Crippen LogP contribution >= 0.6 is 11.3 Å². The van der Waals surface area contributed by atoms with E-state index in [1.807, 2.05) is 0 Å². The van der Waals surface area contributed by atoms with Gasteiger partial charge in [-0.25, -0.2) is 4.98 Å². The Morgan fingerprint density at radius 3 is 3.19 bits per heavy atom. The van der Waals surface area contributed by atoms with E-state index in [0.29, 0.717) is 24.0 Å². The molecule has 0 saturated carbocycles. The molecule has 2 heterocycles. The summed E-state index contributed by atoms with van der Waals surface area (Å²) in [5, 5.41) is 14.3. The van der Waals surface area contributed by atoms with Crippen molar-refractivity contribution < 1.29 is 14.6 Å². The van der Waals surface area contributed by atoms with Crippen molar-refractivity contribution in [1.82, 2.24) is 4.98 Å². The molecule has 0 radical (unpaired) electrons. The number of anilines is 1. The summed E-state index contributed by atoms with van der Waals surface area (Å²) in [6.45, 7) is 2.78. The fourth-order valence-electron chi connectivity index (χ4n) is 1.48. The lowest BCUT2D eigenvalue weighted by molar-refractivity contribution is -0.119. The molecule has 1 aromatic heterocycles. The van der Waals surface area contributed by atoms with Crippen LogP contribution in [-0.4, -0.2) is 29.2 Å². The Labute approximate surface area is 97.5 Å². The Balaban J connectivity index is 1.95. The van der Waals surface area contributed by atoms with Crippen LogP contribution in [0.3, 0.4) is 0 Å². The Bertz CT molecular complexity index is 372. The number of aromatic nitrogens is 1. The first kappa shape index (κ1) is 11.5. The number of nitrogens with zero attached hydrogens (tertiary/aromatic N) is 1. The van der Waals surface area contributed by atoms with Crippen molar-refractivity contribution in [2.75, 3.05) is 18.5 Å². The number of hydrogen-bond acceptors (Lipinski definition) is 5. The van der Waals surface area contributed by atoms with Crippen molar-refractivity contribution in [1.29, 1.82) is 0 Å². The lowest BCUT2D eigenvalue weighted by Crippen LogP contribution is -2.22. The normalized spacial score (nSPS) is 22.0. The molecule has 1 amide bonds. The zero-order chi connectivity index (χ0) is 11.5. The molecule has 2 atom stereocenters. The Morgan fingerprint density at radius 1 is 1.81 bits per heavy atom. The summed E-state index contributed by atoms with van der Waals surface area (Å²) in [5.41, 5.74) is 0.586. The molecular weight excluding hydrogens is 228 g/mol. The summed E-state index contributed by atoms with van der Waals surface area (Å²) in [4.78, 5) is 15.8. The summed E-state index contributed by atoms with van der Waals surface area (Å²) < 4.78 is 5.14. The summed E-state index contributed by atoms with van der Waals surface area (Å²) in [5.74, 6) is -0.122. The van der Waals surface area contributed by atoms with Crippen molar-refractivity contribution in [2.24, 2.45) is 5.92 Å². The Hall–Kier alpha value is -0.980. The third-order valence-electron chi connectivity index (χ3n) is 2.48. The fraction of sp³-hybridized carbons (Fsp3) is 0.600. The van der Waals surface area contributed by atoms with Gasteiger partial charge in [-0.05, 0) is 13.3 Å². The van der Waals surface area contributed by atoms with Gasteiger partial charge in [-0.2, -0.15) is 0 Å². The Morgan fingerprint density at radius 2 is 2.62 bits per heavy atom. The zero-order valence-corrected chi connectivity index (χ0v) is 9.79. The second kappa shape index (κ2) is 4.90. The standard InChI is InChI=1S/C10H14N2O3S/c1-6(13)8-5-16-10(11-8)12-9(14)7-2-3-15-4-7/h5-7,13H,2-4H2,1H3,(H,11,12,14). The maximum atomic E-state index is 11.7. The number of carbonyl (C=O) groups is 1. The van der Waals surface area contributed by atoms with Crippen LogP contribution in [-0.2, 0) is 9.53 Å². The van der Waals surface area contributed by atoms with E-state index in [9.17, 15) is 9.90 Å². The summed E-state index contributed by atoms with van der Waals surface area (Å²) in [7, 11) is 0. The highest BCUT2D eigenvalue weighted by molar-refractivity contribution is 7.13. The molecule has 2 rings (SSSR count). The largest absolute Gasteiger partial charge is 0.387 e. The van der Waals surface area contributed by atoms with Crippen LogP contribution in [0, 0.1) is 5.92 Å². The summed E-state index contributed by atoms with van der Waals surface area (Å²) in [6.07, 6.45) is 0.164. The van der Waals surface area contributed by atoms with E-state index in [4.69, 9.17) is 4.74 Å². The van der Waals surface area contributed by atoms with Gasteiger partial charge in [-0.3, -0.25) is 4.79 Å². The molecule has 88 valence electrons. The number of ether oxygens (including phenoxy) is 1. The highest BCUT2D eigenvalue weighted by Crippen LogP contribution is 2.22. The minimum Gasteiger partial charge on any atom is -0.387 e. The number of nitrogens with one attached hydrogen (secondary N) is 1. The van der Waals surface area contributed by atoms with E-state index < -0.39 is 6.10 Å². The van der Waals surface area contributed by atoms with Crippen LogP contribution in [0.2, 0.25) is 0 Å². The van der Waals surface area contributed by atoms with Gasteiger partial charge in [-0.1, -0.05) is 0 Å². The third-order valence-corrected chi connectivity index (χ3v) is 3.26. The fourth-order valence-corrected chi connectivity index (χ4v) is 2.28. The molecule has 6 heteroatoms. The zero-order valence-electron chi connectivity index (χ0n) is 8.97. The molecule has 0 bridgehead atoms. The van der Waals surface area contributed by atoms with Crippen LogP contribution in [0.25, 0.3) is 0 Å². The predicted molar refractivity (Wildman–Crippen MR) is 60.3 cm³/mol. The van der Waals surface area contributed by atoms with Crippen LogP contribution in [0.15, 0.2) is 5.38 Å². The smallest absolute Gasteiger partial charge is 0.231 e. The van der Waals surface area contributed by atoms with Crippen LogP contribution < -0.4 is 5.32 Å². The predicted octanol–water partition coefficient (Wildman–Crippen LogP) is 1.17. The van der Waals surface area contributed by atoms with Gasteiger partial charge >= 0.3 is 0 Å². The maximum Gasteiger partial charge on any atom is 0.231 e. The molecular formula is C10H14N2O3S. The lowest BCUT2D eigenvalue weighted by atomic mass is 10.1. The van der Waals surface area contributed by atoms with Gasteiger partial charge in [-0.15, -0.1) is 11.3 Å². The van der Waals surface area contributed by atoms with E-state index in [0.717, 1.165) is 6.42 Å². The number of aliphatic hydroxyl groups is 1. The highest BCUT2D eigenvalue weighted by atomic mass is 32.1. The minimum absolute atomic E-state index is 0.0519. The number of amides is 1. The summed E-state index contributed by atoms with van der Waals surface area (Å²) >= 11 is 1.32. The SMILES string of the molecule is CC(O)c1csc(NC(=O)C2CCOC2)n1. The molecule has 1 aliphatic heterocycles. The monoisotopic (exact) mass is 242 g/mol. The van der Waals surface area contributed by atoms with Gasteiger partial charge in [0.2, 0.25) is 5.91 Å². The van der Waals surface area contributed by atoms with Gasteiger partial charge in [0, 0.05) is 12.0 Å². The lowest BCUT2D eigenvalue weighted by Gasteiger charge is -2.06. The number of carbonyl (C=O) groups excluding carboxylic acids is 1. The van der Waals surface area contributed by atoms with Crippen molar-refractivity contribution in [3.63, 3.8) is 0 Å². The molecule has 1 aromatic rings. The van der Waals surface area contributed by atoms with Crippen molar-refractivity contribution in [3.05, 3.63) is 11.1 Å². The maximum absolute atomic E-state index is 11.7. The molecule has 2 unspecified atom stereocenters. The average Bonchev–Trinajstić information content (AvgIpc) is 2.87. The molecule has 1 fully saturated rings. The van der Waals surface area contributed by atoms with Gasteiger partial charge in [0.15, 0.2) is 5.13 Å². The van der Waals surface area contributed by atoms with Crippen molar-refractivity contribution in [2.45, 2.75) is 19.4 Å². The third kappa shape index (κ3) is 2.58. The number of thiazole rings is 1. The second-order valence-electron chi connectivity index (χ2n) is 3.80. The molecule has 0 aliphatic carbocycles. The topological polar surface area (TPSA) is 71.5 Å². The number of hydrogen-bond donors (Lipinski definition) is 2. The molecule has 0 aromatic carbocycles. The second-order valence-corrected chi connectivity index (χ2v) is 4.66. The van der Waals surface area contributed by atoms with Gasteiger partial charge in [0.05, 0.1) is 24.3 Å². The molecule has 2 N–H and O–H groups in total. The molecule has 5 nitrogen and oxygen atoms in total. The van der Waals surface area contributed by atoms with Gasteiger partial charge in [0.25, 0.3) is 0 Å². The van der Waals surface area contributed by atoms with Gasteiger partial charge in [0.1, 0.15) is 0 Å². The van der Waals surface area contributed by atoms with Crippen LogP contribution in [0.1, 0.15) is 25.1 Å². The first-order valence-electron chi connectivity index (χ1n) is 5.19. The van der Waals surface area contributed by atoms with Crippen molar-refractivity contribution in [3.8, 4) is 0 Å². The van der Waals surface area contributed by atoms with Crippen LogP contribution in [0.4, 0.5) is 5.13 Å². The molecule has 0 spiro atoms. The molecule has 16 heavy (non-hydrogen) atoms. The quantitative estimate of drug-likeness (QED) is 0.834. The first-order valence-corrected chi connectivity index (χ1v) is 6.07. The van der Waals surface area contributed by atoms with E-state index in [1.54, 1.807) is 12.3 Å². The molecule has 1 saturated heterocycles. The average molecular weight is 242 g/mol. The minimum atomic E-state index is -0.600. The van der Waals surface area contributed by atoms with E-state index in [-0.39, 0.29) is 11.8 Å². The number of aliphatic hydroxyl groups excluding tert-OH is 1. The van der Waals surface area contributed by atoms with E-state index >= 15 is 0 Å². The Kier molecular flexibility index (Phi) is 3.52. The van der Waals surface area contributed by atoms with Crippen molar-refractivity contribution >= 4 is 22.4 Å². The van der Waals surface area contributed by atoms with Crippen LogP contribution in [0.5, 0.6) is 0 Å². The van der Waals surface area contributed by atoms with E-state index in [1.165, 1.54) is 11.3 Å². The number of rotatable bonds is 3. The highest BCUT2D eigenvalue weighted by Gasteiger charge is 2.24.